The molecule has 3 aromatic rings. The van der Waals surface area contributed by atoms with E-state index in [2.05, 4.69) is 73.5 Å². The Morgan fingerprint density at radius 2 is 1.78 bits per heavy atom. The number of furan rings is 1. The number of rotatable bonds is 6. The first-order valence-corrected chi connectivity index (χ1v) is 9.70. The summed E-state index contributed by atoms with van der Waals surface area (Å²) in [5, 5.41) is 4.19. The van der Waals surface area contributed by atoms with Gasteiger partial charge in [0, 0.05) is 12.2 Å². The molecule has 0 saturated heterocycles. The van der Waals surface area contributed by atoms with Gasteiger partial charge in [0.15, 0.2) is 5.11 Å². The zero-order chi connectivity index (χ0) is 19.2. The van der Waals surface area contributed by atoms with Gasteiger partial charge in [0.25, 0.3) is 0 Å². The van der Waals surface area contributed by atoms with E-state index in [1.807, 2.05) is 12.1 Å². The van der Waals surface area contributed by atoms with Gasteiger partial charge >= 0.3 is 0 Å². The minimum Gasteiger partial charge on any atom is -0.467 e. The molecule has 4 heteroatoms. The Kier molecular flexibility index (Phi) is 6.30. The minimum absolute atomic E-state index is 0.625. The molecule has 0 atom stereocenters. The van der Waals surface area contributed by atoms with Gasteiger partial charge < -0.3 is 14.6 Å². The van der Waals surface area contributed by atoms with Crippen LogP contribution in [0.3, 0.4) is 0 Å². The maximum absolute atomic E-state index is 5.80. The van der Waals surface area contributed by atoms with E-state index in [0.29, 0.717) is 11.7 Å². The van der Waals surface area contributed by atoms with Crippen molar-refractivity contribution in [2.75, 3.05) is 5.32 Å². The standard InChI is InChI=1S/C23H26N2OS/c1-4-20-8-5-7-18(3)22(20)24-23(27)25(16-21-9-6-14-26-21)15-19-12-10-17(2)11-13-19/h5-14H,4,15-16H2,1-3H3,(H,24,27). The molecule has 0 fully saturated rings. The van der Waals surface area contributed by atoms with Crippen LogP contribution in [0.25, 0.3) is 0 Å². The molecule has 3 rings (SSSR count). The fourth-order valence-corrected chi connectivity index (χ4v) is 3.32. The summed E-state index contributed by atoms with van der Waals surface area (Å²) in [4.78, 5) is 2.14. The first-order valence-electron chi connectivity index (χ1n) is 9.29. The highest BCUT2D eigenvalue weighted by atomic mass is 32.1. The topological polar surface area (TPSA) is 28.4 Å². The summed E-state index contributed by atoms with van der Waals surface area (Å²) in [5.41, 5.74) is 6.05. The van der Waals surface area contributed by atoms with E-state index < -0.39 is 0 Å². The summed E-state index contributed by atoms with van der Waals surface area (Å²) in [6, 6.07) is 18.8. The van der Waals surface area contributed by atoms with Crippen LogP contribution in [0.2, 0.25) is 0 Å². The molecule has 1 N–H and O–H groups in total. The van der Waals surface area contributed by atoms with Crippen molar-refractivity contribution in [1.29, 1.82) is 0 Å². The monoisotopic (exact) mass is 378 g/mol. The Morgan fingerprint density at radius 1 is 1.00 bits per heavy atom. The van der Waals surface area contributed by atoms with E-state index in [4.69, 9.17) is 16.6 Å². The van der Waals surface area contributed by atoms with Gasteiger partial charge in [0.2, 0.25) is 0 Å². The van der Waals surface area contributed by atoms with Gasteiger partial charge in [0.05, 0.1) is 12.8 Å². The molecule has 0 saturated carbocycles. The van der Waals surface area contributed by atoms with Crippen LogP contribution in [-0.2, 0) is 19.5 Å². The van der Waals surface area contributed by atoms with E-state index >= 15 is 0 Å². The van der Waals surface area contributed by atoms with E-state index in [0.717, 1.165) is 24.4 Å². The van der Waals surface area contributed by atoms with E-state index in [9.17, 15) is 0 Å². The maximum atomic E-state index is 5.80. The smallest absolute Gasteiger partial charge is 0.174 e. The lowest BCUT2D eigenvalue weighted by atomic mass is 10.1. The molecule has 0 spiro atoms. The summed E-state index contributed by atoms with van der Waals surface area (Å²) in [6.07, 6.45) is 2.66. The molecule has 3 nitrogen and oxygen atoms in total. The third kappa shape index (κ3) is 4.98. The molecule has 2 aromatic carbocycles. The second-order valence-electron chi connectivity index (χ2n) is 6.81. The molecule has 0 unspecified atom stereocenters. The van der Waals surface area contributed by atoms with Crippen molar-refractivity contribution >= 4 is 23.0 Å². The molecule has 0 aliphatic heterocycles. The van der Waals surface area contributed by atoms with Crippen molar-refractivity contribution in [3.63, 3.8) is 0 Å². The Bertz CT molecular complexity index is 885. The highest BCUT2D eigenvalue weighted by Gasteiger charge is 2.15. The van der Waals surface area contributed by atoms with E-state index in [1.165, 1.54) is 22.3 Å². The van der Waals surface area contributed by atoms with Crippen LogP contribution in [0.5, 0.6) is 0 Å². The van der Waals surface area contributed by atoms with Crippen LogP contribution in [0.15, 0.2) is 65.3 Å². The van der Waals surface area contributed by atoms with Crippen molar-refractivity contribution in [3.05, 3.63) is 88.9 Å². The van der Waals surface area contributed by atoms with Crippen LogP contribution in [0, 0.1) is 13.8 Å². The molecule has 140 valence electrons. The van der Waals surface area contributed by atoms with Gasteiger partial charge in [-0.25, -0.2) is 0 Å². The van der Waals surface area contributed by atoms with E-state index in [-0.39, 0.29) is 0 Å². The molecular weight excluding hydrogens is 352 g/mol. The zero-order valence-electron chi connectivity index (χ0n) is 16.2. The largest absolute Gasteiger partial charge is 0.467 e. The number of para-hydroxylation sites is 1. The number of nitrogens with zero attached hydrogens (tertiary/aromatic N) is 1. The van der Waals surface area contributed by atoms with Crippen molar-refractivity contribution in [2.24, 2.45) is 0 Å². The fraction of sp³-hybridized carbons (Fsp3) is 0.261. The Hall–Kier alpha value is -2.59. The maximum Gasteiger partial charge on any atom is 0.174 e. The van der Waals surface area contributed by atoms with Crippen molar-refractivity contribution in [3.8, 4) is 0 Å². The summed E-state index contributed by atoms with van der Waals surface area (Å²) >= 11 is 5.80. The lowest BCUT2D eigenvalue weighted by Gasteiger charge is -2.26. The number of thiocarbonyl (C=S) groups is 1. The summed E-state index contributed by atoms with van der Waals surface area (Å²) in [7, 11) is 0. The number of hydrogen-bond donors (Lipinski definition) is 1. The first kappa shape index (κ1) is 19.2. The molecule has 0 bridgehead atoms. The van der Waals surface area contributed by atoms with Gasteiger partial charge in [-0.3, -0.25) is 0 Å². The SMILES string of the molecule is CCc1cccc(C)c1NC(=S)N(Cc1ccc(C)cc1)Cc1ccco1. The van der Waals surface area contributed by atoms with Crippen LogP contribution < -0.4 is 5.32 Å². The van der Waals surface area contributed by atoms with Crippen LogP contribution in [-0.4, -0.2) is 10.0 Å². The lowest BCUT2D eigenvalue weighted by molar-refractivity contribution is 0.360. The van der Waals surface area contributed by atoms with Crippen LogP contribution >= 0.6 is 12.2 Å². The predicted molar refractivity (Wildman–Crippen MR) is 116 cm³/mol. The highest BCUT2D eigenvalue weighted by molar-refractivity contribution is 7.80. The lowest BCUT2D eigenvalue weighted by Crippen LogP contribution is -2.34. The average Bonchev–Trinajstić information content (AvgIpc) is 3.17. The quantitative estimate of drug-likeness (QED) is 0.544. The third-order valence-corrected chi connectivity index (χ3v) is 5.04. The molecule has 1 aromatic heterocycles. The van der Waals surface area contributed by atoms with Crippen LogP contribution in [0.4, 0.5) is 5.69 Å². The third-order valence-electron chi connectivity index (χ3n) is 4.68. The molecule has 0 radical (unpaired) electrons. The number of nitrogens with one attached hydrogen (secondary N) is 1. The van der Waals surface area contributed by atoms with Crippen LogP contribution in [0.1, 0.15) is 34.9 Å². The Labute approximate surface area is 167 Å². The molecular formula is C23H26N2OS. The molecule has 1 heterocycles. The van der Waals surface area contributed by atoms with Gasteiger partial charge in [-0.15, -0.1) is 0 Å². The van der Waals surface area contributed by atoms with Gasteiger partial charge in [0.1, 0.15) is 5.76 Å². The molecule has 27 heavy (non-hydrogen) atoms. The van der Waals surface area contributed by atoms with Gasteiger partial charge in [-0.1, -0.05) is 55.0 Å². The highest BCUT2D eigenvalue weighted by Crippen LogP contribution is 2.22. The van der Waals surface area contributed by atoms with E-state index in [1.54, 1.807) is 6.26 Å². The first-order chi connectivity index (χ1) is 13.1. The summed E-state index contributed by atoms with van der Waals surface area (Å²) in [5.74, 6) is 0.895. The normalized spacial score (nSPS) is 10.6. The molecule has 0 amide bonds. The number of anilines is 1. The second kappa shape index (κ2) is 8.87. The van der Waals surface area contributed by atoms with Crippen molar-refractivity contribution in [1.82, 2.24) is 4.90 Å². The number of hydrogen-bond acceptors (Lipinski definition) is 2. The molecule has 0 aliphatic rings. The van der Waals surface area contributed by atoms with Crippen molar-refractivity contribution in [2.45, 2.75) is 40.3 Å². The van der Waals surface area contributed by atoms with Crippen molar-refractivity contribution < 1.29 is 4.42 Å². The van der Waals surface area contributed by atoms with Gasteiger partial charge in [-0.05, 0) is 61.3 Å². The average molecular weight is 379 g/mol. The fourth-order valence-electron chi connectivity index (χ4n) is 3.09. The number of aryl methyl sites for hydroxylation is 3. The second-order valence-corrected chi connectivity index (χ2v) is 7.20. The number of benzene rings is 2. The summed E-state index contributed by atoms with van der Waals surface area (Å²) in [6.45, 7) is 7.72. The predicted octanol–water partition coefficient (Wildman–Crippen LogP) is 5.86. The Balaban J connectivity index is 1.83. The molecule has 0 aliphatic carbocycles. The van der Waals surface area contributed by atoms with Gasteiger partial charge in [-0.2, -0.15) is 0 Å². The Morgan fingerprint density at radius 3 is 2.44 bits per heavy atom. The zero-order valence-corrected chi connectivity index (χ0v) is 17.0. The minimum atomic E-state index is 0.625. The summed E-state index contributed by atoms with van der Waals surface area (Å²) < 4.78 is 5.56.